The molecule has 1 unspecified atom stereocenters. The van der Waals surface area contributed by atoms with Gasteiger partial charge in [0.25, 0.3) is 11.5 Å². The van der Waals surface area contributed by atoms with E-state index >= 15 is 0 Å². The fourth-order valence-corrected chi connectivity index (χ4v) is 5.74. The molecule has 8 nitrogen and oxygen atoms in total. The van der Waals surface area contributed by atoms with Gasteiger partial charge < -0.3 is 14.4 Å². The molecule has 4 heterocycles. The number of hydrogen-bond acceptors (Lipinski definition) is 7. The van der Waals surface area contributed by atoms with Crippen molar-refractivity contribution in [3.05, 3.63) is 110 Å². The van der Waals surface area contributed by atoms with E-state index in [-0.39, 0.29) is 18.1 Å². The molecular weight excluding hydrogens is 512 g/mol. The molecule has 0 N–H and O–H groups in total. The van der Waals surface area contributed by atoms with Gasteiger partial charge in [0.15, 0.2) is 23.4 Å². The summed E-state index contributed by atoms with van der Waals surface area (Å²) in [6, 6.07) is 22.2. The first-order chi connectivity index (χ1) is 18.1. The molecule has 5 aromatic rings. The SMILES string of the molecule is O=C1C(=c2sc3nc(C4COc5ccccc5O4)nn3c2=O)c2ccccc2N1Cc1ccc(Cl)cc1. The standard InChI is InChI=1S/C27H17ClN4O4S/c28-16-11-9-15(10-12-16)13-31-18-6-2-1-5-17(18)22(25(31)33)23-26(34)32-27(37-23)29-24(30-32)21-14-35-19-7-3-4-8-20(19)36-21/h1-12,21H,13-14H2. The average molecular weight is 529 g/mol. The van der Waals surface area contributed by atoms with Crippen molar-refractivity contribution in [2.75, 3.05) is 11.5 Å². The topological polar surface area (TPSA) is 86.0 Å². The highest BCUT2D eigenvalue weighted by Crippen LogP contribution is 2.37. The van der Waals surface area contributed by atoms with Crippen LogP contribution < -0.4 is 24.5 Å². The quantitative estimate of drug-likeness (QED) is 0.354. The van der Waals surface area contributed by atoms with Crippen molar-refractivity contribution >= 4 is 45.1 Å². The number of anilines is 1. The average Bonchev–Trinajstić information content (AvgIpc) is 3.56. The maximum atomic E-state index is 13.7. The summed E-state index contributed by atoms with van der Waals surface area (Å²) < 4.78 is 13.3. The first-order valence-corrected chi connectivity index (χ1v) is 12.7. The highest BCUT2D eigenvalue weighted by molar-refractivity contribution is 7.15. The van der Waals surface area contributed by atoms with Crippen LogP contribution in [0.4, 0.5) is 5.69 Å². The Morgan fingerprint density at radius 3 is 2.54 bits per heavy atom. The molecule has 0 bridgehead atoms. The first kappa shape index (κ1) is 22.0. The molecular formula is C27H17ClN4O4S. The minimum Gasteiger partial charge on any atom is -0.485 e. The third-order valence-corrected chi connectivity index (χ3v) is 7.66. The number of fused-ring (bicyclic) bond motifs is 3. The van der Waals surface area contributed by atoms with E-state index in [4.69, 9.17) is 21.1 Å². The lowest BCUT2D eigenvalue weighted by molar-refractivity contribution is -0.113. The van der Waals surface area contributed by atoms with Crippen molar-refractivity contribution < 1.29 is 14.3 Å². The van der Waals surface area contributed by atoms with Crippen LogP contribution in [0.3, 0.4) is 0 Å². The molecule has 0 spiro atoms. The number of ether oxygens (including phenoxy) is 2. The van der Waals surface area contributed by atoms with E-state index in [1.54, 1.807) is 17.0 Å². The molecule has 0 saturated carbocycles. The molecule has 1 atom stereocenters. The number of rotatable bonds is 3. The molecule has 1 amide bonds. The number of aromatic nitrogens is 3. The minimum atomic E-state index is -0.541. The van der Waals surface area contributed by atoms with Crippen LogP contribution in [0.15, 0.2) is 77.6 Å². The zero-order valence-electron chi connectivity index (χ0n) is 19.1. The van der Waals surface area contributed by atoms with Crippen LogP contribution in [0.1, 0.15) is 23.1 Å². The van der Waals surface area contributed by atoms with Gasteiger partial charge in [-0.1, -0.05) is 65.4 Å². The maximum absolute atomic E-state index is 13.7. The molecule has 182 valence electrons. The van der Waals surface area contributed by atoms with E-state index in [0.717, 1.165) is 22.6 Å². The summed E-state index contributed by atoms with van der Waals surface area (Å²) >= 11 is 7.17. The predicted molar refractivity (Wildman–Crippen MR) is 139 cm³/mol. The molecule has 10 heteroatoms. The van der Waals surface area contributed by atoms with E-state index in [1.165, 1.54) is 4.52 Å². The summed E-state index contributed by atoms with van der Waals surface area (Å²) in [7, 11) is 0. The van der Waals surface area contributed by atoms with Gasteiger partial charge in [-0.15, -0.1) is 5.10 Å². The lowest BCUT2D eigenvalue weighted by Gasteiger charge is -2.24. The van der Waals surface area contributed by atoms with Crippen LogP contribution in [0.5, 0.6) is 11.5 Å². The van der Waals surface area contributed by atoms with E-state index in [1.807, 2.05) is 60.7 Å². The number of carbonyl (C=O) groups excluding carboxylic acids is 1. The molecule has 2 aliphatic heterocycles. The molecule has 37 heavy (non-hydrogen) atoms. The Balaban J connectivity index is 1.29. The van der Waals surface area contributed by atoms with Crippen LogP contribution in [0.2, 0.25) is 5.02 Å². The van der Waals surface area contributed by atoms with Gasteiger partial charge in [-0.25, -0.2) is 0 Å². The monoisotopic (exact) mass is 528 g/mol. The fourth-order valence-electron chi connectivity index (χ4n) is 4.61. The minimum absolute atomic E-state index is 0.235. The number of nitrogens with zero attached hydrogens (tertiary/aromatic N) is 4. The number of para-hydroxylation sites is 3. The van der Waals surface area contributed by atoms with Crippen LogP contribution in [0.25, 0.3) is 10.5 Å². The second kappa shape index (κ2) is 8.43. The van der Waals surface area contributed by atoms with Crippen molar-refractivity contribution in [2.24, 2.45) is 0 Å². The van der Waals surface area contributed by atoms with Crippen molar-refractivity contribution in [3.8, 4) is 11.5 Å². The summed E-state index contributed by atoms with van der Waals surface area (Å²) in [5.74, 6) is 1.38. The molecule has 0 aliphatic carbocycles. The Labute approximate surface area is 219 Å². The Kier molecular flexibility index (Phi) is 5.02. The summed E-state index contributed by atoms with van der Waals surface area (Å²) in [6.07, 6.45) is -0.541. The molecule has 0 fully saturated rings. The summed E-state index contributed by atoms with van der Waals surface area (Å²) in [5, 5.41) is 5.05. The van der Waals surface area contributed by atoms with Crippen molar-refractivity contribution in [3.63, 3.8) is 0 Å². The van der Waals surface area contributed by atoms with Gasteiger partial charge in [0.2, 0.25) is 4.96 Å². The number of halogens is 1. The fraction of sp³-hybridized carbons (Fsp3) is 0.111. The molecule has 2 aliphatic rings. The number of thiazole rings is 1. The third-order valence-electron chi connectivity index (χ3n) is 6.37. The Morgan fingerprint density at radius 2 is 1.73 bits per heavy atom. The van der Waals surface area contributed by atoms with Crippen LogP contribution in [-0.4, -0.2) is 27.1 Å². The molecule has 7 rings (SSSR count). The molecule has 0 radical (unpaired) electrons. The van der Waals surface area contributed by atoms with Crippen LogP contribution in [-0.2, 0) is 11.3 Å². The Bertz CT molecular complexity index is 1810. The lowest BCUT2D eigenvalue weighted by atomic mass is 10.1. The summed E-state index contributed by atoms with van der Waals surface area (Å²) in [6.45, 7) is 0.592. The van der Waals surface area contributed by atoms with Crippen molar-refractivity contribution in [1.29, 1.82) is 0 Å². The van der Waals surface area contributed by atoms with Gasteiger partial charge in [-0.05, 0) is 35.9 Å². The molecule has 3 aromatic carbocycles. The van der Waals surface area contributed by atoms with E-state index in [9.17, 15) is 9.59 Å². The number of benzene rings is 3. The van der Waals surface area contributed by atoms with Crippen LogP contribution >= 0.6 is 22.9 Å². The van der Waals surface area contributed by atoms with Gasteiger partial charge in [0.1, 0.15) is 11.1 Å². The number of hydrogen-bond donors (Lipinski definition) is 0. The smallest absolute Gasteiger partial charge is 0.291 e. The predicted octanol–water partition coefficient (Wildman–Crippen LogP) is 3.78. The number of carbonyl (C=O) groups is 1. The molecule has 2 aromatic heterocycles. The van der Waals surface area contributed by atoms with Crippen molar-refractivity contribution in [1.82, 2.24) is 14.6 Å². The van der Waals surface area contributed by atoms with Gasteiger partial charge in [-0.2, -0.15) is 9.50 Å². The zero-order valence-corrected chi connectivity index (χ0v) is 20.7. The number of amides is 1. The third kappa shape index (κ3) is 3.58. The highest BCUT2D eigenvalue weighted by atomic mass is 35.5. The normalized spacial score (nSPS) is 17.9. The highest BCUT2D eigenvalue weighted by Gasteiger charge is 2.35. The molecule has 0 saturated heterocycles. The zero-order chi connectivity index (χ0) is 25.1. The van der Waals surface area contributed by atoms with Crippen LogP contribution in [0, 0.1) is 0 Å². The van der Waals surface area contributed by atoms with Gasteiger partial charge in [0.05, 0.1) is 17.8 Å². The summed E-state index contributed by atoms with van der Waals surface area (Å²) in [4.78, 5) is 33.7. The second-order valence-electron chi connectivity index (χ2n) is 8.67. The first-order valence-electron chi connectivity index (χ1n) is 11.5. The van der Waals surface area contributed by atoms with Gasteiger partial charge in [-0.3, -0.25) is 9.59 Å². The van der Waals surface area contributed by atoms with Gasteiger partial charge >= 0.3 is 0 Å². The van der Waals surface area contributed by atoms with Gasteiger partial charge in [0, 0.05) is 10.6 Å². The van der Waals surface area contributed by atoms with E-state index < -0.39 is 6.10 Å². The van der Waals surface area contributed by atoms with Crippen molar-refractivity contribution in [2.45, 2.75) is 12.6 Å². The summed E-state index contributed by atoms with van der Waals surface area (Å²) in [5.41, 5.74) is 2.37. The second-order valence-corrected chi connectivity index (χ2v) is 10.1. The lowest BCUT2D eigenvalue weighted by Crippen LogP contribution is -2.32. The van der Waals surface area contributed by atoms with E-state index in [2.05, 4.69) is 10.1 Å². The largest absolute Gasteiger partial charge is 0.485 e. The maximum Gasteiger partial charge on any atom is 0.291 e. The Hall–Kier alpha value is -4.21. The Morgan fingerprint density at radius 1 is 0.973 bits per heavy atom. The van der Waals surface area contributed by atoms with E-state index in [0.29, 0.717) is 49.5 Å².